The SMILES string of the molecule is CC(C1CC1)N(C)Cc1nc(-c2ccsc2)no1. The topological polar surface area (TPSA) is 42.2 Å². The normalized spacial score (nSPS) is 17.3. The van der Waals surface area contributed by atoms with E-state index in [0.29, 0.717) is 17.8 Å². The zero-order valence-corrected chi connectivity index (χ0v) is 11.5. The van der Waals surface area contributed by atoms with Gasteiger partial charge in [0.15, 0.2) is 0 Å². The maximum Gasteiger partial charge on any atom is 0.241 e. The fourth-order valence-corrected chi connectivity index (χ4v) is 2.76. The van der Waals surface area contributed by atoms with E-state index in [4.69, 9.17) is 4.52 Å². The zero-order valence-electron chi connectivity index (χ0n) is 10.7. The summed E-state index contributed by atoms with van der Waals surface area (Å²) >= 11 is 1.64. The van der Waals surface area contributed by atoms with Gasteiger partial charge < -0.3 is 4.52 Å². The molecule has 0 spiro atoms. The molecule has 1 aliphatic carbocycles. The summed E-state index contributed by atoms with van der Waals surface area (Å²) in [5, 5.41) is 8.08. The highest BCUT2D eigenvalue weighted by Gasteiger charge is 2.30. The molecule has 0 N–H and O–H groups in total. The highest BCUT2D eigenvalue weighted by molar-refractivity contribution is 7.08. The van der Waals surface area contributed by atoms with Gasteiger partial charge in [-0.2, -0.15) is 16.3 Å². The van der Waals surface area contributed by atoms with E-state index in [0.717, 1.165) is 18.0 Å². The van der Waals surface area contributed by atoms with Crippen LogP contribution in [0.3, 0.4) is 0 Å². The van der Waals surface area contributed by atoms with Gasteiger partial charge in [0.05, 0.1) is 6.54 Å². The third kappa shape index (κ3) is 2.47. The first-order valence-electron chi connectivity index (χ1n) is 6.29. The Balaban J connectivity index is 1.66. The molecular formula is C13H17N3OS. The van der Waals surface area contributed by atoms with Gasteiger partial charge in [-0.1, -0.05) is 5.16 Å². The van der Waals surface area contributed by atoms with Crippen LogP contribution >= 0.6 is 11.3 Å². The molecule has 2 aromatic rings. The maximum absolute atomic E-state index is 5.31. The molecule has 18 heavy (non-hydrogen) atoms. The molecule has 2 heterocycles. The number of hydrogen-bond donors (Lipinski definition) is 0. The Bertz CT molecular complexity index is 504. The Morgan fingerprint density at radius 1 is 1.56 bits per heavy atom. The van der Waals surface area contributed by atoms with Gasteiger partial charge in [-0.25, -0.2) is 0 Å². The van der Waals surface area contributed by atoms with Crippen LogP contribution in [0.1, 0.15) is 25.7 Å². The predicted molar refractivity (Wildman–Crippen MR) is 71.3 cm³/mol. The van der Waals surface area contributed by atoms with Crippen LogP contribution in [0.25, 0.3) is 11.4 Å². The second-order valence-electron chi connectivity index (χ2n) is 5.02. The molecule has 0 radical (unpaired) electrons. The zero-order chi connectivity index (χ0) is 12.5. The number of thiophene rings is 1. The van der Waals surface area contributed by atoms with Gasteiger partial charge in [-0.15, -0.1) is 0 Å². The van der Waals surface area contributed by atoms with E-state index in [-0.39, 0.29) is 0 Å². The fraction of sp³-hybridized carbons (Fsp3) is 0.538. The van der Waals surface area contributed by atoms with Gasteiger partial charge in [0.1, 0.15) is 0 Å². The molecule has 0 aromatic carbocycles. The van der Waals surface area contributed by atoms with Gasteiger partial charge in [-0.05, 0) is 44.2 Å². The minimum atomic E-state index is 0.599. The summed E-state index contributed by atoms with van der Waals surface area (Å²) in [5.41, 5.74) is 1.04. The molecule has 0 saturated heterocycles. The maximum atomic E-state index is 5.31. The van der Waals surface area contributed by atoms with E-state index in [1.54, 1.807) is 11.3 Å². The number of nitrogens with zero attached hydrogens (tertiary/aromatic N) is 3. The van der Waals surface area contributed by atoms with Gasteiger partial charge in [-0.3, -0.25) is 4.90 Å². The van der Waals surface area contributed by atoms with E-state index in [9.17, 15) is 0 Å². The fourth-order valence-electron chi connectivity index (χ4n) is 2.12. The Morgan fingerprint density at radius 3 is 3.06 bits per heavy atom. The summed E-state index contributed by atoms with van der Waals surface area (Å²) in [6.07, 6.45) is 2.71. The summed E-state index contributed by atoms with van der Waals surface area (Å²) in [6.45, 7) is 3.00. The van der Waals surface area contributed by atoms with Crippen molar-refractivity contribution >= 4 is 11.3 Å². The molecule has 96 valence electrons. The van der Waals surface area contributed by atoms with Crippen molar-refractivity contribution in [3.63, 3.8) is 0 Å². The van der Waals surface area contributed by atoms with Gasteiger partial charge >= 0.3 is 0 Å². The lowest BCUT2D eigenvalue weighted by molar-refractivity contribution is 0.197. The molecule has 1 atom stereocenters. The number of rotatable bonds is 5. The lowest BCUT2D eigenvalue weighted by Crippen LogP contribution is -2.30. The van der Waals surface area contributed by atoms with Crippen LogP contribution in [-0.4, -0.2) is 28.1 Å². The van der Waals surface area contributed by atoms with Crippen LogP contribution in [0.4, 0.5) is 0 Å². The molecule has 3 rings (SSSR count). The van der Waals surface area contributed by atoms with Crippen LogP contribution in [0.2, 0.25) is 0 Å². The third-order valence-electron chi connectivity index (χ3n) is 3.63. The van der Waals surface area contributed by atoms with Crippen LogP contribution in [0, 0.1) is 5.92 Å². The van der Waals surface area contributed by atoms with E-state index in [1.807, 2.05) is 16.8 Å². The average molecular weight is 263 g/mol. The van der Waals surface area contributed by atoms with Crippen molar-refractivity contribution in [3.05, 3.63) is 22.7 Å². The van der Waals surface area contributed by atoms with Crippen molar-refractivity contribution in [2.75, 3.05) is 7.05 Å². The minimum absolute atomic E-state index is 0.599. The Morgan fingerprint density at radius 2 is 2.39 bits per heavy atom. The third-order valence-corrected chi connectivity index (χ3v) is 4.31. The van der Waals surface area contributed by atoms with Crippen molar-refractivity contribution in [2.45, 2.75) is 32.4 Å². The summed E-state index contributed by atoms with van der Waals surface area (Å²) < 4.78 is 5.31. The smallest absolute Gasteiger partial charge is 0.241 e. The van der Waals surface area contributed by atoms with Gasteiger partial charge in [0.25, 0.3) is 0 Å². The highest BCUT2D eigenvalue weighted by atomic mass is 32.1. The standard InChI is InChI=1S/C13H17N3OS/c1-9(10-3-4-10)16(2)7-12-14-13(15-17-12)11-5-6-18-8-11/h5-6,8-10H,3-4,7H2,1-2H3. The molecule has 1 unspecified atom stereocenters. The average Bonchev–Trinajstić information content (AvgIpc) is 2.89. The molecule has 1 fully saturated rings. The van der Waals surface area contributed by atoms with Crippen molar-refractivity contribution in [1.29, 1.82) is 0 Å². The van der Waals surface area contributed by atoms with E-state index < -0.39 is 0 Å². The Hall–Kier alpha value is -1.20. The predicted octanol–water partition coefficient (Wildman–Crippen LogP) is 3.03. The monoisotopic (exact) mass is 263 g/mol. The van der Waals surface area contributed by atoms with E-state index >= 15 is 0 Å². The molecule has 2 aromatic heterocycles. The van der Waals surface area contributed by atoms with Crippen LogP contribution < -0.4 is 0 Å². The molecule has 1 saturated carbocycles. The van der Waals surface area contributed by atoms with Gasteiger partial charge in [0, 0.05) is 17.0 Å². The lowest BCUT2D eigenvalue weighted by atomic mass is 10.2. The molecule has 0 bridgehead atoms. The molecular weight excluding hydrogens is 246 g/mol. The van der Waals surface area contributed by atoms with Crippen LogP contribution in [0.5, 0.6) is 0 Å². The highest BCUT2D eigenvalue weighted by Crippen LogP contribution is 2.35. The summed E-state index contributed by atoms with van der Waals surface area (Å²) in [5.74, 6) is 2.25. The quantitative estimate of drug-likeness (QED) is 0.831. The van der Waals surface area contributed by atoms with Crippen LogP contribution in [-0.2, 0) is 6.54 Å². The van der Waals surface area contributed by atoms with E-state index in [2.05, 4.69) is 29.0 Å². The first-order valence-corrected chi connectivity index (χ1v) is 7.23. The second kappa shape index (κ2) is 4.82. The molecule has 5 heteroatoms. The van der Waals surface area contributed by atoms with Crippen LogP contribution in [0.15, 0.2) is 21.3 Å². The minimum Gasteiger partial charge on any atom is -0.338 e. The number of hydrogen-bond acceptors (Lipinski definition) is 5. The second-order valence-corrected chi connectivity index (χ2v) is 5.80. The largest absolute Gasteiger partial charge is 0.338 e. The molecule has 1 aliphatic rings. The molecule has 4 nitrogen and oxygen atoms in total. The first kappa shape index (κ1) is 11.9. The molecule has 0 aliphatic heterocycles. The summed E-state index contributed by atoms with van der Waals surface area (Å²) in [6, 6.07) is 2.61. The van der Waals surface area contributed by atoms with Crippen molar-refractivity contribution in [1.82, 2.24) is 15.0 Å². The van der Waals surface area contributed by atoms with E-state index in [1.165, 1.54) is 12.8 Å². The molecule has 0 amide bonds. The number of aromatic nitrogens is 2. The first-order chi connectivity index (χ1) is 8.74. The van der Waals surface area contributed by atoms with Crippen molar-refractivity contribution in [2.24, 2.45) is 5.92 Å². The van der Waals surface area contributed by atoms with Gasteiger partial charge in [0.2, 0.25) is 11.7 Å². The Kier molecular flexibility index (Phi) is 3.18. The van der Waals surface area contributed by atoms with Crippen molar-refractivity contribution in [3.8, 4) is 11.4 Å². The lowest BCUT2D eigenvalue weighted by Gasteiger charge is -2.22. The van der Waals surface area contributed by atoms with Crippen molar-refractivity contribution < 1.29 is 4.52 Å². The Labute approximate surface area is 111 Å². The summed E-state index contributed by atoms with van der Waals surface area (Å²) in [7, 11) is 2.12. The summed E-state index contributed by atoms with van der Waals surface area (Å²) in [4.78, 5) is 6.74.